The molecule has 0 bridgehead atoms. The highest BCUT2D eigenvalue weighted by molar-refractivity contribution is 6.08. The fraction of sp³-hybridized carbons (Fsp3) is 1.00. The molecule has 0 radical (unpaired) electrons. The molecule has 0 saturated carbocycles. The summed E-state index contributed by atoms with van der Waals surface area (Å²) in [6.07, 6.45) is 17.4. The molecule has 0 aromatic carbocycles. The quantitative estimate of drug-likeness (QED) is 0.158. The zero-order valence-electron chi connectivity index (χ0n) is 17.7. The second-order valence-corrected chi connectivity index (χ2v) is 7.97. The minimum Gasteiger partial charge on any atom is -0.328 e. The minimum absolute atomic E-state index is 0.625. The molecule has 0 aromatic rings. The van der Waals surface area contributed by atoms with Gasteiger partial charge in [-0.1, -0.05) is 76.7 Å². The van der Waals surface area contributed by atoms with Gasteiger partial charge >= 0.3 is 0 Å². The molecule has 0 N–H and O–H groups in total. The molecule has 0 amide bonds. The van der Waals surface area contributed by atoms with Crippen molar-refractivity contribution in [3.63, 3.8) is 0 Å². The molecule has 0 aromatic heterocycles. The monoisotopic (exact) mass is 374 g/mol. The van der Waals surface area contributed by atoms with E-state index in [0.717, 1.165) is 12.8 Å². The summed E-state index contributed by atoms with van der Waals surface area (Å²) in [4.78, 5) is 0. The van der Waals surface area contributed by atoms with E-state index in [9.17, 15) is 0 Å². The van der Waals surface area contributed by atoms with Crippen molar-refractivity contribution >= 4 is 10.2 Å². The SMILES string of the molecule is CCOC(CCCCCCCCCCCCCC[SiH3])(OCC)OCC. The van der Waals surface area contributed by atoms with Crippen LogP contribution in [0.25, 0.3) is 0 Å². The van der Waals surface area contributed by atoms with Crippen LogP contribution in [0.1, 0.15) is 104 Å². The molecule has 152 valence electrons. The fourth-order valence-electron chi connectivity index (χ4n) is 3.36. The third kappa shape index (κ3) is 14.9. The molecule has 0 saturated heterocycles. The Morgan fingerprint density at radius 1 is 0.520 bits per heavy atom. The van der Waals surface area contributed by atoms with Gasteiger partial charge in [0.2, 0.25) is 0 Å². The zero-order valence-corrected chi connectivity index (χ0v) is 19.7. The highest BCUT2D eigenvalue weighted by Crippen LogP contribution is 2.24. The van der Waals surface area contributed by atoms with Crippen LogP contribution in [0.4, 0.5) is 0 Å². The van der Waals surface area contributed by atoms with Crippen LogP contribution < -0.4 is 0 Å². The molecule has 0 fully saturated rings. The average molecular weight is 375 g/mol. The highest BCUT2D eigenvalue weighted by atomic mass is 28.1. The zero-order chi connectivity index (χ0) is 18.6. The lowest BCUT2D eigenvalue weighted by Crippen LogP contribution is -2.39. The van der Waals surface area contributed by atoms with E-state index in [2.05, 4.69) is 0 Å². The normalized spacial score (nSPS) is 12.1. The van der Waals surface area contributed by atoms with E-state index in [1.807, 2.05) is 20.8 Å². The van der Waals surface area contributed by atoms with Crippen molar-refractivity contribution in [2.24, 2.45) is 0 Å². The lowest BCUT2D eigenvalue weighted by Gasteiger charge is -2.32. The van der Waals surface area contributed by atoms with Gasteiger partial charge in [-0.05, 0) is 27.2 Å². The van der Waals surface area contributed by atoms with E-state index >= 15 is 0 Å². The van der Waals surface area contributed by atoms with Gasteiger partial charge in [-0.2, -0.15) is 0 Å². The molecule has 3 nitrogen and oxygen atoms in total. The van der Waals surface area contributed by atoms with Gasteiger partial charge in [-0.3, -0.25) is 0 Å². The van der Waals surface area contributed by atoms with Crippen LogP contribution in [-0.2, 0) is 14.2 Å². The molecular weight excluding hydrogens is 328 g/mol. The molecule has 4 heteroatoms. The van der Waals surface area contributed by atoms with Crippen LogP contribution in [-0.4, -0.2) is 36.0 Å². The van der Waals surface area contributed by atoms with Crippen molar-refractivity contribution in [1.82, 2.24) is 0 Å². The van der Waals surface area contributed by atoms with Crippen LogP contribution in [0.3, 0.4) is 0 Å². The summed E-state index contributed by atoms with van der Waals surface area (Å²) in [5, 5.41) is 0. The smallest absolute Gasteiger partial charge is 0.282 e. The van der Waals surface area contributed by atoms with Gasteiger partial charge in [0, 0.05) is 36.5 Å². The Balaban J connectivity index is 3.56. The fourth-order valence-corrected chi connectivity index (χ4v) is 3.86. The van der Waals surface area contributed by atoms with E-state index in [1.54, 1.807) is 0 Å². The Morgan fingerprint density at radius 3 is 1.16 bits per heavy atom. The summed E-state index contributed by atoms with van der Waals surface area (Å²) in [6, 6.07) is 1.49. The largest absolute Gasteiger partial charge is 0.328 e. The molecule has 0 rings (SSSR count). The number of ether oxygens (including phenoxy) is 3. The van der Waals surface area contributed by atoms with Crippen molar-refractivity contribution in [3.8, 4) is 0 Å². The van der Waals surface area contributed by atoms with Crippen LogP contribution >= 0.6 is 0 Å². The third-order valence-electron chi connectivity index (χ3n) is 4.68. The van der Waals surface area contributed by atoms with Crippen molar-refractivity contribution in [2.45, 2.75) is 116 Å². The van der Waals surface area contributed by atoms with E-state index in [4.69, 9.17) is 14.2 Å². The first-order valence-electron chi connectivity index (χ1n) is 11.2. The van der Waals surface area contributed by atoms with Crippen molar-refractivity contribution in [2.75, 3.05) is 19.8 Å². The maximum absolute atomic E-state index is 5.77. The summed E-state index contributed by atoms with van der Waals surface area (Å²) < 4.78 is 17.3. The van der Waals surface area contributed by atoms with E-state index in [-0.39, 0.29) is 0 Å². The summed E-state index contributed by atoms with van der Waals surface area (Å²) in [7, 11) is 1.39. The average Bonchev–Trinajstić information content (AvgIpc) is 2.60. The van der Waals surface area contributed by atoms with Crippen LogP contribution in [0, 0.1) is 0 Å². The van der Waals surface area contributed by atoms with Crippen molar-refractivity contribution in [1.29, 1.82) is 0 Å². The first-order valence-corrected chi connectivity index (χ1v) is 12.6. The third-order valence-corrected chi connectivity index (χ3v) is 5.39. The van der Waals surface area contributed by atoms with Gasteiger partial charge in [0.25, 0.3) is 5.97 Å². The Bertz CT molecular complexity index is 245. The highest BCUT2D eigenvalue weighted by Gasteiger charge is 2.31. The molecule has 0 spiro atoms. The first-order chi connectivity index (χ1) is 12.2. The van der Waals surface area contributed by atoms with Crippen LogP contribution in [0.2, 0.25) is 6.04 Å². The van der Waals surface area contributed by atoms with Gasteiger partial charge < -0.3 is 14.2 Å². The Kier molecular flexibility index (Phi) is 18.9. The van der Waals surface area contributed by atoms with Crippen LogP contribution in [0.5, 0.6) is 0 Å². The summed E-state index contributed by atoms with van der Waals surface area (Å²) >= 11 is 0. The maximum atomic E-state index is 5.77. The Hall–Kier alpha value is 0.0969. The van der Waals surface area contributed by atoms with Gasteiger partial charge in [0.1, 0.15) is 0 Å². The predicted octanol–water partition coefficient (Wildman–Crippen LogP) is 5.60. The Labute approximate surface area is 161 Å². The number of rotatable bonds is 20. The molecule has 25 heavy (non-hydrogen) atoms. The maximum Gasteiger partial charge on any atom is 0.282 e. The van der Waals surface area contributed by atoms with E-state index in [0.29, 0.717) is 19.8 Å². The minimum atomic E-state index is -0.807. The standard InChI is InChI=1S/C21H46O3Si/c1-4-22-21(23-5-2,24-6-3)19-17-15-13-11-9-7-8-10-12-14-16-18-20-25/h4-20H2,1-3,25H3. The second-order valence-electron chi connectivity index (χ2n) is 6.97. The molecule has 0 aliphatic carbocycles. The molecule has 0 heterocycles. The van der Waals surface area contributed by atoms with Gasteiger partial charge in [0.05, 0.1) is 0 Å². The summed E-state index contributed by atoms with van der Waals surface area (Å²) in [5.41, 5.74) is 0. The van der Waals surface area contributed by atoms with Gasteiger partial charge in [0.15, 0.2) is 0 Å². The molecule has 0 aliphatic rings. The first kappa shape index (κ1) is 25.1. The lowest BCUT2D eigenvalue weighted by molar-refractivity contribution is -0.380. The van der Waals surface area contributed by atoms with Crippen LogP contribution in [0.15, 0.2) is 0 Å². The van der Waals surface area contributed by atoms with Crippen molar-refractivity contribution in [3.05, 3.63) is 0 Å². The molecule has 0 unspecified atom stereocenters. The predicted molar refractivity (Wildman–Crippen MR) is 112 cm³/mol. The lowest BCUT2D eigenvalue weighted by atomic mass is 10.0. The van der Waals surface area contributed by atoms with Gasteiger partial charge in [-0.15, -0.1) is 0 Å². The number of unbranched alkanes of at least 4 members (excludes halogenated alkanes) is 11. The Morgan fingerprint density at radius 2 is 0.840 bits per heavy atom. The number of hydrogen-bond acceptors (Lipinski definition) is 3. The topological polar surface area (TPSA) is 27.7 Å². The molecular formula is C21H46O3Si. The molecule has 0 aliphatic heterocycles. The second kappa shape index (κ2) is 18.9. The van der Waals surface area contributed by atoms with E-state index in [1.165, 1.54) is 86.9 Å². The van der Waals surface area contributed by atoms with Crippen molar-refractivity contribution < 1.29 is 14.2 Å². The van der Waals surface area contributed by atoms with Gasteiger partial charge in [-0.25, -0.2) is 0 Å². The number of hydrogen-bond donors (Lipinski definition) is 0. The summed E-state index contributed by atoms with van der Waals surface area (Å²) in [5.74, 6) is -0.807. The molecule has 0 atom stereocenters. The summed E-state index contributed by atoms with van der Waals surface area (Å²) in [6.45, 7) is 7.87. The van der Waals surface area contributed by atoms with E-state index < -0.39 is 5.97 Å².